The number of rotatable bonds is 4. The van der Waals surface area contributed by atoms with Crippen LogP contribution in [0.4, 0.5) is 0 Å². The summed E-state index contributed by atoms with van der Waals surface area (Å²) in [6, 6.07) is 0.122. The standard InChI is InChI=1S/C8H14N2S2/c1-3-6(9)7-4-12-8(10-7)5-11-2/h4,6H,3,5,9H2,1-2H3. The minimum atomic E-state index is 0.122. The van der Waals surface area contributed by atoms with Crippen LogP contribution < -0.4 is 5.73 Å². The summed E-state index contributed by atoms with van der Waals surface area (Å²) in [6.45, 7) is 2.08. The quantitative estimate of drug-likeness (QED) is 0.815. The molecular formula is C8H14N2S2. The van der Waals surface area contributed by atoms with Gasteiger partial charge in [0.25, 0.3) is 0 Å². The third-order valence-electron chi connectivity index (χ3n) is 1.66. The Morgan fingerprint density at radius 2 is 2.50 bits per heavy atom. The van der Waals surface area contributed by atoms with E-state index in [1.165, 1.54) is 5.01 Å². The van der Waals surface area contributed by atoms with Crippen molar-refractivity contribution in [3.8, 4) is 0 Å². The molecule has 0 aliphatic heterocycles. The molecule has 0 aromatic carbocycles. The number of hydrogen-bond donors (Lipinski definition) is 1. The van der Waals surface area contributed by atoms with Gasteiger partial charge in [0, 0.05) is 17.2 Å². The normalized spacial score (nSPS) is 13.2. The van der Waals surface area contributed by atoms with Crippen molar-refractivity contribution >= 4 is 23.1 Å². The molecule has 1 heterocycles. The Morgan fingerprint density at radius 1 is 1.75 bits per heavy atom. The summed E-state index contributed by atoms with van der Waals surface area (Å²) in [4.78, 5) is 4.44. The molecule has 2 N–H and O–H groups in total. The lowest BCUT2D eigenvalue weighted by Crippen LogP contribution is -2.08. The van der Waals surface area contributed by atoms with Gasteiger partial charge in [0.15, 0.2) is 0 Å². The number of thioether (sulfide) groups is 1. The lowest BCUT2D eigenvalue weighted by atomic mass is 10.2. The van der Waals surface area contributed by atoms with E-state index in [9.17, 15) is 0 Å². The lowest BCUT2D eigenvalue weighted by Gasteiger charge is -2.02. The summed E-state index contributed by atoms with van der Waals surface area (Å²) in [5.41, 5.74) is 6.89. The number of hydrogen-bond acceptors (Lipinski definition) is 4. The van der Waals surface area contributed by atoms with E-state index in [1.807, 2.05) is 0 Å². The van der Waals surface area contributed by atoms with E-state index in [0.717, 1.165) is 17.9 Å². The molecule has 1 atom stereocenters. The first-order chi connectivity index (χ1) is 5.77. The fraction of sp³-hybridized carbons (Fsp3) is 0.625. The molecule has 0 amide bonds. The highest BCUT2D eigenvalue weighted by Crippen LogP contribution is 2.19. The van der Waals surface area contributed by atoms with Crippen LogP contribution in [-0.4, -0.2) is 11.2 Å². The highest BCUT2D eigenvalue weighted by atomic mass is 32.2. The van der Waals surface area contributed by atoms with E-state index < -0.39 is 0 Å². The van der Waals surface area contributed by atoms with Crippen LogP contribution in [0.25, 0.3) is 0 Å². The second-order valence-corrected chi connectivity index (χ2v) is 4.42. The minimum Gasteiger partial charge on any atom is -0.323 e. The molecule has 0 radical (unpaired) electrons. The maximum absolute atomic E-state index is 5.84. The molecule has 0 bridgehead atoms. The highest BCUT2D eigenvalue weighted by molar-refractivity contribution is 7.97. The summed E-state index contributed by atoms with van der Waals surface area (Å²) in [7, 11) is 0. The van der Waals surface area contributed by atoms with Gasteiger partial charge in [0.05, 0.1) is 5.69 Å². The summed E-state index contributed by atoms with van der Waals surface area (Å²) in [5.74, 6) is 1.00. The van der Waals surface area contributed by atoms with E-state index in [2.05, 4.69) is 23.5 Å². The van der Waals surface area contributed by atoms with E-state index in [1.54, 1.807) is 23.1 Å². The molecule has 0 fully saturated rings. The Labute approximate surface area is 81.6 Å². The molecule has 0 aliphatic carbocycles. The van der Waals surface area contributed by atoms with Crippen LogP contribution in [0.2, 0.25) is 0 Å². The van der Waals surface area contributed by atoms with E-state index in [0.29, 0.717) is 0 Å². The SMILES string of the molecule is CCC(N)c1csc(CSC)n1. The Bertz CT molecular complexity index is 235. The largest absolute Gasteiger partial charge is 0.323 e. The monoisotopic (exact) mass is 202 g/mol. The first kappa shape index (κ1) is 10.0. The van der Waals surface area contributed by atoms with Gasteiger partial charge >= 0.3 is 0 Å². The number of aromatic nitrogens is 1. The average molecular weight is 202 g/mol. The minimum absolute atomic E-state index is 0.122. The van der Waals surface area contributed by atoms with Gasteiger partial charge in [-0.15, -0.1) is 11.3 Å². The second kappa shape index (κ2) is 4.84. The van der Waals surface area contributed by atoms with E-state index >= 15 is 0 Å². The Hall–Kier alpha value is -0.0600. The molecule has 4 heteroatoms. The first-order valence-electron chi connectivity index (χ1n) is 3.96. The summed E-state index contributed by atoms with van der Waals surface area (Å²) < 4.78 is 0. The number of nitrogens with two attached hydrogens (primary N) is 1. The predicted octanol–water partition coefficient (Wildman–Crippen LogP) is 2.42. The fourth-order valence-electron chi connectivity index (χ4n) is 0.894. The number of nitrogens with zero attached hydrogens (tertiary/aromatic N) is 1. The van der Waals surface area contributed by atoms with Gasteiger partial charge < -0.3 is 5.73 Å². The average Bonchev–Trinajstić information content (AvgIpc) is 2.52. The third-order valence-corrected chi connectivity index (χ3v) is 3.27. The van der Waals surface area contributed by atoms with Crippen molar-refractivity contribution in [2.45, 2.75) is 25.1 Å². The zero-order valence-corrected chi connectivity index (χ0v) is 9.04. The van der Waals surface area contributed by atoms with Gasteiger partial charge in [0.1, 0.15) is 5.01 Å². The van der Waals surface area contributed by atoms with Crippen molar-refractivity contribution in [3.63, 3.8) is 0 Å². The van der Waals surface area contributed by atoms with Gasteiger partial charge in [-0.05, 0) is 12.7 Å². The van der Waals surface area contributed by atoms with Crippen LogP contribution in [0, 0.1) is 0 Å². The second-order valence-electron chi connectivity index (χ2n) is 2.61. The summed E-state index contributed by atoms with van der Waals surface area (Å²) in [5, 5.41) is 3.25. The lowest BCUT2D eigenvalue weighted by molar-refractivity contribution is 0.678. The Morgan fingerprint density at radius 3 is 3.08 bits per heavy atom. The molecule has 1 unspecified atom stereocenters. The first-order valence-corrected chi connectivity index (χ1v) is 6.24. The van der Waals surface area contributed by atoms with Crippen LogP contribution >= 0.6 is 23.1 Å². The zero-order chi connectivity index (χ0) is 8.97. The van der Waals surface area contributed by atoms with Crippen molar-refractivity contribution in [2.24, 2.45) is 5.73 Å². The molecule has 1 rings (SSSR count). The van der Waals surface area contributed by atoms with Gasteiger partial charge in [-0.3, -0.25) is 0 Å². The van der Waals surface area contributed by atoms with Gasteiger partial charge in [-0.1, -0.05) is 6.92 Å². The van der Waals surface area contributed by atoms with Crippen molar-refractivity contribution in [2.75, 3.05) is 6.26 Å². The van der Waals surface area contributed by atoms with Gasteiger partial charge in [-0.2, -0.15) is 11.8 Å². The molecule has 1 aromatic rings. The molecular weight excluding hydrogens is 188 g/mol. The Kier molecular flexibility index (Phi) is 4.05. The Balaban J connectivity index is 2.63. The smallest absolute Gasteiger partial charge is 0.103 e. The fourth-order valence-corrected chi connectivity index (χ4v) is 2.47. The van der Waals surface area contributed by atoms with Crippen LogP contribution in [-0.2, 0) is 5.75 Å². The third kappa shape index (κ3) is 2.47. The molecule has 0 spiro atoms. The number of thiazole rings is 1. The van der Waals surface area contributed by atoms with E-state index in [-0.39, 0.29) is 6.04 Å². The summed E-state index contributed by atoms with van der Waals surface area (Å²) >= 11 is 3.50. The molecule has 2 nitrogen and oxygen atoms in total. The van der Waals surface area contributed by atoms with Crippen LogP contribution in [0.1, 0.15) is 30.1 Å². The van der Waals surface area contributed by atoms with Gasteiger partial charge in [-0.25, -0.2) is 4.98 Å². The highest BCUT2D eigenvalue weighted by Gasteiger charge is 2.07. The molecule has 68 valence electrons. The maximum Gasteiger partial charge on any atom is 0.103 e. The molecule has 0 aliphatic rings. The topological polar surface area (TPSA) is 38.9 Å². The molecule has 12 heavy (non-hydrogen) atoms. The van der Waals surface area contributed by atoms with Crippen molar-refractivity contribution in [3.05, 3.63) is 16.1 Å². The van der Waals surface area contributed by atoms with E-state index in [4.69, 9.17) is 5.73 Å². The van der Waals surface area contributed by atoms with Crippen LogP contribution in [0.3, 0.4) is 0 Å². The van der Waals surface area contributed by atoms with Gasteiger partial charge in [0.2, 0.25) is 0 Å². The maximum atomic E-state index is 5.84. The van der Waals surface area contributed by atoms with Crippen LogP contribution in [0.5, 0.6) is 0 Å². The van der Waals surface area contributed by atoms with Crippen LogP contribution in [0.15, 0.2) is 5.38 Å². The van der Waals surface area contributed by atoms with Crippen molar-refractivity contribution < 1.29 is 0 Å². The predicted molar refractivity (Wildman–Crippen MR) is 56.6 cm³/mol. The summed E-state index contributed by atoms with van der Waals surface area (Å²) in [6.07, 6.45) is 3.04. The molecule has 0 saturated carbocycles. The molecule has 1 aromatic heterocycles. The van der Waals surface area contributed by atoms with Crippen molar-refractivity contribution in [1.82, 2.24) is 4.98 Å². The molecule has 0 saturated heterocycles. The van der Waals surface area contributed by atoms with Crippen molar-refractivity contribution in [1.29, 1.82) is 0 Å². The zero-order valence-electron chi connectivity index (χ0n) is 7.41.